The van der Waals surface area contributed by atoms with Gasteiger partial charge in [-0.1, -0.05) is 0 Å². The highest BCUT2D eigenvalue weighted by atomic mass is 16.6. The van der Waals surface area contributed by atoms with Crippen molar-refractivity contribution >= 4 is 17.3 Å². The molecule has 0 bridgehead atoms. The van der Waals surface area contributed by atoms with Crippen molar-refractivity contribution in [1.82, 2.24) is 5.32 Å². The van der Waals surface area contributed by atoms with Crippen molar-refractivity contribution in [3.8, 4) is 0 Å². The van der Waals surface area contributed by atoms with Crippen molar-refractivity contribution in [2.75, 3.05) is 18.9 Å². The SMILES string of the molecule is Nc1ccc(C(=O)NCCC2CCCCO2)cc1[N+](=O)[O-]. The molecule has 7 nitrogen and oxygen atoms in total. The number of carbonyl (C=O) groups excluding carboxylic acids is 1. The number of hydrogen-bond acceptors (Lipinski definition) is 5. The van der Waals surface area contributed by atoms with Crippen LogP contribution in [0, 0.1) is 10.1 Å². The van der Waals surface area contributed by atoms with Gasteiger partial charge in [-0.2, -0.15) is 0 Å². The number of nitrogens with two attached hydrogens (primary N) is 1. The van der Waals surface area contributed by atoms with E-state index in [0.29, 0.717) is 6.54 Å². The third kappa shape index (κ3) is 4.16. The van der Waals surface area contributed by atoms with Gasteiger partial charge in [-0.3, -0.25) is 14.9 Å². The summed E-state index contributed by atoms with van der Waals surface area (Å²) < 4.78 is 5.57. The number of nitrogens with one attached hydrogen (secondary N) is 1. The Morgan fingerprint density at radius 3 is 2.95 bits per heavy atom. The van der Waals surface area contributed by atoms with Crippen molar-refractivity contribution in [3.63, 3.8) is 0 Å². The minimum Gasteiger partial charge on any atom is -0.393 e. The van der Waals surface area contributed by atoms with E-state index in [2.05, 4.69) is 5.32 Å². The molecule has 1 heterocycles. The Balaban J connectivity index is 1.88. The molecule has 1 atom stereocenters. The number of nitro groups is 1. The summed E-state index contributed by atoms with van der Waals surface area (Å²) in [4.78, 5) is 22.2. The first kappa shape index (κ1) is 15.2. The number of rotatable bonds is 5. The average Bonchev–Trinajstić information content (AvgIpc) is 2.48. The molecular weight excluding hydrogens is 274 g/mol. The van der Waals surface area contributed by atoms with Crippen molar-refractivity contribution in [2.45, 2.75) is 31.8 Å². The molecule has 2 rings (SSSR count). The van der Waals surface area contributed by atoms with Gasteiger partial charge in [0.25, 0.3) is 11.6 Å². The molecule has 1 unspecified atom stereocenters. The molecule has 21 heavy (non-hydrogen) atoms. The molecule has 1 aliphatic heterocycles. The number of ether oxygens (including phenoxy) is 1. The molecule has 1 aliphatic rings. The maximum Gasteiger partial charge on any atom is 0.292 e. The number of amides is 1. The van der Waals surface area contributed by atoms with Crippen LogP contribution >= 0.6 is 0 Å². The van der Waals surface area contributed by atoms with Crippen LogP contribution in [0.25, 0.3) is 0 Å². The van der Waals surface area contributed by atoms with E-state index in [4.69, 9.17) is 10.5 Å². The predicted molar refractivity (Wildman–Crippen MR) is 78.1 cm³/mol. The summed E-state index contributed by atoms with van der Waals surface area (Å²) in [6.07, 6.45) is 4.21. The fraction of sp³-hybridized carbons (Fsp3) is 0.500. The number of nitrogen functional groups attached to an aromatic ring is 1. The molecule has 114 valence electrons. The molecule has 1 amide bonds. The summed E-state index contributed by atoms with van der Waals surface area (Å²) in [5.41, 5.74) is 5.53. The maximum atomic E-state index is 12.0. The van der Waals surface area contributed by atoms with Gasteiger partial charge in [0.15, 0.2) is 0 Å². The second kappa shape index (κ2) is 7.03. The lowest BCUT2D eigenvalue weighted by Gasteiger charge is -2.22. The lowest BCUT2D eigenvalue weighted by molar-refractivity contribution is -0.383. The summed E-state index contributed by atoms with van der Waals surface area (Å²) >= 11 is 0. The number of benzene rings is 1. The highest BCUT2D eigenvalue weighted by molar-refractivity contribution is 5.95. The van der Waals surface area contributed by atoms with Crippen LogP contribution in [0.15, 0.2) is 18.2 Å². The quantitative estimate of drug-likeness (QED) is 0.489. The summed E-state index contributed by atoms with van der Waals surface area (Å²) in [5, 5.41) is 13.5. The Morgan fingerprint density at radius 2 is 2.29 bits per heavy atom. The molecule has 0 radical (unpaired) electrons. The molecule has 0 saturated carbocycles. The summed E-state index contributed by atoms with van der Waals surface area (Å²) in [6.45, 7) is 1.27. The largest absolute Gasteiger partial charge is 0.393 e. The van der Waals surface area contributed by atoms with E-state index >= 15 is 0 Å². The summed E-state index contributed by atoms with van der Waals surface area (Å²) in [7, 11) is 0. The first-order chi connectivity index (χ1) is 10.1. The predicted octanol–water partition coefficient (Wildman–Crippen LogP) is 1.87. The Bertz CT molecular complexity index is 527. The minimum absolute atomic E-state index is 0.0483. The molecule has 7 heteroatoms. The summed E-state index contributed by atoms with van der Waals surface area (Å²) in [5.74, 6) is -0.339. The number of nitro benzene ring substituents is 1. The maximum absolute atomic E-state index is 12.0. The number of nitrogens with zero attached hydrogens (tertiary/aromatic N) is 1. The smallest absolute Gasteiger partial charge is 0.292 e. The number of anilines is 1. The highest BCUT2D eigenvalue weighted by Gasteiger charge is 2.17. The standard InChI is InChI=1S/C14H19N3O4/c15-12-5-4-10(9-13(12)17(19)20)14(18)16-7-6-11-3-1-2-8-21-11/h4-5,9,11H,1-3,6-8,15H2,(H,16,18). The van der Waals surface area contributed by atoms with Gasteiger partial charge in [-0.05, 0) is 37.8 Å². The molecule has 1 saturated heterocycles. The van der Waals surface area contributed by atoms with Crippen LogP contribution in [0.2, 0.25) is 0 Å². The van der Waals surface area contributed by atoms with Gasteiger partial charge in [0.1, 0.15) is 5.69 Å². The van der Waals surface area contributed by atoms with Crippen molar-refractivity contribution < 1.29 is 14.5 Å². The third-order valence-electron chi connectivity index (χ3n) is 3.52. The Labute approximate surface area is 122 Å². The van der Waals surface area contributed by atoms with E-state index < -0.39 is 4.92 Å². The van der Waals surface area contributed by atoms with Gasteiger partial charge in [-0.25, -0.2) is 0 Å². The van der Waals surface area contributed by atoms with Crippen LogP contribution in [0.4, 0.5) is 11.4 Å². The Morgan fingerprint density at radius 1 is 1.48 bits per heavy atom. The zero-order valence-corrected chi connectivity index (χ0v) is 11.7. The minimum atomic E-state index is -0.595. The second-order valence-corrected chi connectivity index (χ2v) is 5.06. The van der Waals surface area contributed by atoms with Gasteiger partial charge in [0, 0.05) is 24.8 Å². The molecule has 1 aromatic rings. The van der Waals surface area contributed by atoms with Crippen LogP contribution in [-0.2, 0) is 4.74 Å². The van der Waals surface area contributed by atoms with E-state index in [0.717, 1.165) is 32.3 Å². The molecule has 1 aromatic carbocycles. The fourth-order valence-corrected chi connectivity index (χ4v) is 2.33. The van der Waals surface area contributed by atoms with Crippen molar-refractivity contribution in [1.29, 1.82) is 0 Å². The lowest BCUT2D eigenvalue weighted by atomic mass is 10.1. The molecular formula is C14H19N3O4. The zero-order valence-electron chi connectivity index (χ0n) is 11.7. The molecule has 0 aromatic heterocycles. The van der Waals surface area contributed by atoms with E-state index in [1.807, 2.05) is 0 Å². The van der Waals surface area contributed by atoms with Crippen LogP contribution in [0.3, 0.4) is 0 Å². The van der Waals surface area contributed by atoms with Gasteiger partial charge in [0.2, 0.25) is 0 Å². The summed E-state index contributed by atoms with van der Waals surface area (Å²) in [6, 6.07) is 4.05. The monoisotopic (exact) mass is 293 g/mol. The molecule has 0 aliphatic carbocycles. The van der Waals surface area contributed by atoms with Crippen LogP contribution in [0.1, 0.15) is 36.0 Å². The number of carbonyl (C=O) groups is 1. The molecule has 3 N–H and O–H groups in total. The first-order valence-electron chi connectivity index (χ1n) is 7.01. The van der Waals surface area contributed by atoms with Gasteiger partial charge in [-0.15, -0.1) is 0 Å². The normalized spacial score (nSPS) is 18.2. The number of hydrogen-bond donors (Lipinski definition) is 2. The van der Waals surface area contributed by atoms with E-state index in [9.17, 15) is 14.9 Å². The third-order valence-corrected chi connectivity index (χ3v) is 3.52. The van der Waals surface area contributed by atoms with Crippen LogP contribution in [0.5, 0.6) is 0 Å². The average molecular weight is 293 g/mol. The second-order valence-electron chi connectivity index (χ2n) is 5.06. The van der Waals surface area contributed by atoms with E-state index in [1.165, 1.54) is 18.2 Å². The van der Waals surface area contributed by atoms with Gasteiger partial charge < -0.3 is 15.8 Å². The van der Waals surface area contributed by atoms with E-state index in [-0.39, 0.29) is 28.9 Å². The van der Waals surface area contributed by atoms with Crippen LogP contribution in [-0.4, -0.2) is 30.1 Å². The zero-order chi connectivity index (χ0) is 15.2. The van der Waals surface area contributed by atoms with Gasteiger partial charge >= 0.3 is 0 Å². The topological polar surface area (TPSA) is 107 Å². The Hall–Kier alpha value is -2.15. The van der Waals surface area contributed by atoms with Gasteiger partial charge in [0.05, 0.1) is 11.0 Å². The van der Waals surface area contributed by atoms with Crippen molar-refractivity contribution in [2.24, 2.45) is 0 Å². The molecule has 0 spiro atoms. The van der Waals surface area contributed by atoms with Crippen molar-refractivity contribution in [3.05, 3.63) is 33.9 Å². The lowest BCUT2D eigenvalue weighted by Crippen LogP contribution is -2.29. The first-order valence-corrected chi connectivity index (χ1v) is 7.01. The van der Waals surface area contributed by atoms with Crippen LogP contribution < -0.4 is 11.1 Å². The van der Waals surface area contributed by atoms with E-state index in [1.54, 1.807) is 0 Å². The molecule has 1 fully saturated rings. The Kier molecular flexibility index (Phi) is 5.10. The fourth-order valence-electron chi connectivity index (χ4n) is 2.33. The highest BCUT2D eigenvalue weighted by Crippen LogP contribution is 2.22.